The number of amides is 2. The maximum absolute atomic E-state index is 12.4. The molecule has 2 N–H and O–H groups in total. The third-order valence-electron chi connectivity index (χ3n) is 4.31. The number of para-hydroxylation sites is 1. The fraction of sp³-hybridized carbons (Fsp3) is 0.0909. The molecule has 2 aromatic carbocycles. The van der Waals surface area contributed by atoms with Crippen LogP contribution in [0, 0.1) is 0 Å². The van der Waals surface area contributed by atoms with Crippen LogP contribution in [0.25, 0.3) is 11.0 Å². The van der Waals surface area contributed by atoms with Crippen LogP contribution in [-0.4, -0.2) is 11.8 Å². The Kier molecular flexibility index (Phi) is 5.78. The van der Waals surface area contributed by atoms with Crippen molar-refractivity contribution in [2.45, 2.75) is 13.0 Å². The Bertz CT molecular complexity index is 1130. The Morgan fingerprint density at radius 2 is 1.83 bits per heavy atom. The molecule has 4 rings (SSSR count). The fourth-order valence-corrected chi connectivity index (χ4v) is 4.26. The standard InChI is InChI=1S/C22H17BrN2O3S/c23-16-11-18(29-13-16)12-24-21(26)9-14-5-7-17(8-6-14)25-22(27)20-10-15-3-1-2-4-19(15)28-20/h1-8,10-11,13H,9,12H2,(H,24,26)(H,25,27). The van der Waals surface area contributed by atoms with Crippen molar-refractivity contribution in [2.75, 3.05) is 5.32 Å². The number of carbonyl (C=O) groups is 2. The summed E-state index contributed by atoms with van der Waals surface area (Å²) in [5.74, 6) is -0.0998. The van der Waals surface area contributed by atoms with Gasteiger partial charge in [0.05, 0.1) is 13.0 Å². The highest BCUT2D eigenvalue weighted by Gasteiger charge is 2.12. The van der Waals surface area contributed by atoms with E-state index < -0.39 is 0 Å². The van der Waals surface area contributed by atoms with Crippen molar-refractivity contribution in [3.05, 3.63) is 86.7 Å². The first-order valence-electron chi connectivity index (χ1n) is 8.95. The predicted octanol–water partition coefficient (Wildman–Crippen LogP) is 5.37. The van der Waals surface area contributed by atoms with Crippen molar-refractivity contribution in [2.24, 2.45) is 0 Å². The lowest BCUT2D eigenvalue weighted by atomic mass is 10.1. The van der Waals surface area contributed by atoms with Gasteiger partial charge in [-0.1, -0.05) is 30.3 Å². The van der Waals surface area contributed by atoms with E-state index in [1.165, 1.54) is 0 Å². The molecule has 0 unspecified atom stereocenters. The molecule has 2 aromatic heterocycles. The molecule has 0 atom stereocenters. The summed E-state index contributed by atoms with van der Waals surface area (Å²) in [4.78, 5) is 25.6. The maximum atomic E-state index is 12.4. The zero-order chi connectivity index (χ0) is 20.2. The van der Waals surface area contributed by atoms with E-state index in [0.717, 1.165) is 20.3 Å². The smallest absolute Gasteiger partial charge is 0.291 e. The second-order valence-electron chi connectivity index (χ2n) is 6.48. The van der Waals surface area contributed by atoms with Crippen LogP contribution in [0.2, 0.25) is 0 Å². The minimum Gasteiger partial charge on any atom is -0.451 e. The SMILES string of the molecule is O=C(Cc1ccc(NC(=O)c2cc3ccccc3o2)cc1)NCc1cc(Br)cs1. The number of thiophene rings is 1. The quantitative estimate of drug-likeness (QED) is 0.399. The summed E-state index contributed by atoms with van der Waals surface area (Å²) in [7, 11) is 0. The minimum absolute atomic E-state index is 0.0476. The molecule has 0 aliphatic carbocycles. The third-order valence-corrected chi connectivity index (χ3v) is 6.00. The van der Waals surface area contributed by atoms with Gasteiger partial charge < -0.3 is 15.1 Å². The molecule has 0 radical (unpaired) electrons. The maximum Gasteiger partial charge on any atom is 0.291 e. The van der Waals surface area contributed by atoms with Crippen LogP contribution in [0.3, 0.4) is 0 Å². The van der Waals surface area contributed by atoms with Gasteiger partial charge in [0.1, 0.15) is 5.58 Å². The number of nitrogens with one attached hydrogen (secondary N) is 2. The Labute approximate surface area is 179 Å². The first-order chi connectivity index (χ1) is 14.1. The lowest BCUT2D eigenvalue weighted by molar-refractivity contribution is -0.120. The van der Waals surface area contributed by atoms with E-state index in [9.17, 15) is 9.59 Å². The molecule has 2 heterocycles. The molecule has 29 heavy (non-hydrogen) atoms. The lowest BCUT2D eigenvalue weighted by Gasteiger charge is -2.06. The molecule has 146 valence electrons. The van der Waals surface area contributed by atoms with Crippen molar-refractivity contribution >= 4 is 55.7 Å². The van der Waals surface area contributed by atoms with Gasteiger partial charge in [-0.15, -0.1) is 11.3 Å². The van der Waals surface area contributed by atoms with Gasteiger partial charge >= 0.3 is 0 Å². The van der Waals surface area contributed by atoms with Crippen LogP contribution < -0.4 is 10.6 Å². The predicted molar refractivity (Wildman–Crippen MR) is 118 cm³/mol. The molecule has 0 saturated carbocycles. The number of benzene rings is 2. The van der Waals surface area contributed by atoms with E-state index >= 15 is 0 Å². The van der Waals surface area contributed by atoms with E-state index in [4.69, 9.17) is 4.42 Å². The molecule has 0 saturated heterocycles. The average molecular weight is 469 g/mol. The van der Waals surface area contributed by atoms with Gasteiger partial charge in [0, 0.05) is 25.8 Å². The van der Waals surface area contributed by atoms with E-state index in [-0.39, 0.29) is 24.0 Å². The molecular formula is C22H17BrN2O3S. The first-order valence-corrected chi connectivity index (χ1v) is 10.6. The molecule has 2 amide bonds. The van der Waals surface area contributed by atoms with Crippen molar-refractivity contribution < 1.29 is 14.0 Å². The minimum atomic E-state index is -0.311. The Morgan fingerprint density at radius 3 is 2.55 bits per heavy atom. The van der Waals surface area contributed by atoms with Crippen LogP contribution >= 0.6 is 27.3 Å². The molecule has 0 aliphatic rings. The second kappa shape index (κ2) is 8.63. The monoisotopic (exact) mass is 468 g/mol. The second-order valence-corrected chi connectivity index (χ2v) is 8.40. The number of hydrogen-bond donors (Lipinski definition) is 2. The van der Waals surface area contributed by atoms with E-state index in [1.807, 2.05) is 47.8 Å². The van der Waals surface area contributed by atoms with Crippen LogP contribution in [-0.2, 0) is 17.8 Å². The summed E-state index contributed by atoms with van der Waals surface area (Å²) in [5, 5.41) is 8.59. The van der Waals surface area contributed by atoms with E-state index in [0.29, 0.717) is 17.8 Å². The highest BCUT2D eigenvalue weighted by Crippen LogP contribution is 2.21. The molecule has 0 spiro atoms. The zero-order valence-corrected chi connectivity index (χ0v) is 17.7. The van der Waals surface area contributed by atoms with Crippen molar-refractivity contribution in [3.8, 4) is 0 Å². The molecular weight excluding hydrogens is 452 g/mol. The summed E-state index contributed by atoms with van der Waals surface area (Å²) in [6.07, 6.45) is 0.282. The molecule has 5 nitrogen and oxygen atoms in total. The number of halogens is 1. The number of fused-ring (bicyclic) bond motifs is 1. The summed E-state index contributed by atoms with van der Waals surface area (Å²) < 4.78 is 6.60. The van der Waals surface area contributed by atoms with Gasteiger partial charge in [0.2, 0.25) is 5.91 Å². The molecule has 4 aromatic rings. The third kappa shape index (κ3) is 4.93. The van der Waals surface area contributed by atoms with Gasteiger partial charge in [-0.05, 0) is 51.8 Å². The fourth-order valence-electron chi connectivity index (χ4n) is 2.87. The van der Waals surface area contributed by atoms with Crippen molar-refractivity contribution in [1.82, 2.24) is 5.32 Å². The van der Waals surface area contributed by atoms with Gasteiger partial charge in [0.15, 0.2) is 5.76 Å². The Morgan fingerprint density at radius 1 is 1.03 bits per heavy atom. The van der Waals surface area contributed by atoms with Crippen molar-refractivity contribution in [1.29, 1.82) is 0 Å². The Balaban J connectivity index is 1.32. The van der Waals surface area contributed by atoms with Crippen LogP contribution in [0.4, 0.5) is 5.69 Å². The van der Waals surface area contributed by atoms with E-state index in [2.05, 4.69) is 26.6 Å². The molecule has 0 fully saturated rings. The number of anilines is 1. The summed E-state index contributed by atoms with van der Waals surface area (Å²) >= 11 is 5.00. The largest absolute Gasteiger partial charge is 0.451 e. The lowest BCUT2D eigenvalue weighted by Crippen LogP contribution is -2.24. The number of carbonyl (C=O) groups excluding carboxylic acids is 2. The highest BCUT2D eigenvalue weighted by atomic mass is 79.9. The van der Waals surface area contributed by atoms with Gasteiger partial charge in [-0.25, -0.2) is 0 Å². The molecule has 0 aliphatic heterocycles. The van der Waals surface area contributed by atoms with Gasteiger partial charge in [-0.3, -0.25) is 9.59 Å². The van der Waals surface area contributed by atoms with Gasteiger partial charge in [0.25, 0.3) is 5.91 Å². The normalized spacial score (nSPS) is 10.8. The summed E-state index contributed by atoms with van der Waals surface area (Å²) in [6.45, 7) is 0.515. The van der Waals surface area contributed by atoms with E-state index in [1.54, 1.807) is 29.5 Å². The van der Waals surface area contributed by atoms with Crippen LogP contribution in [0.5, 0.6) is 0 Å². The Hall–Kier alpha value is -2.90. The first kappa shape index (κ1) is 19.4. The number of rotatable bonds is 6. The number of hydrogen-bond acceptors (Lipinski definition) is 4. The molecule has 7 heteroatoms. The van der Waals surface area contributed by atoms with Crippen molar-refractivity contribution in [3.63, 3.8) is 0 Å². The average Bonchev–Trinajstić information content (AvgIpc) is 3.34. The van der Waals surface area contributed by atoms with Crippen LogP contribution in [0.1, 0.15) is 21.0 Å². The van der Waals surface area contributed by atoms with Crippen LogP contribution in [0.15, 0.2) is 74.9 Å². The highest BCUT2D eigenvalue weighted by molar-refractivity contribution is 9.10. The van der Waals surface area contributed by atoms with Gasteiger partial charge in [-0.2, -0.15) is 0 Å². The molecule has 0 bridgehead atoms. The number of furan rings is 1. The summed E-state index contributed by atoms with van der Waals surface area (Å²) in [5.41, 5.74) is 2.19. The summed E-state index contributed by atoms with van der Waals surface area (Å²) in [6, 6.07) is 18.4. The zero-order valence-electron chi connectivity index (χ0n) is 15.3. The topological polar surface area (TPSA) is 71.3 Å².